The van der Waals surface area contributed by atoms with Gasteiger partial charge in [-0.1, -0.05) is 23.7 Å². The molecule has 1 aliphatic heterocycles. The Labute approximate surface area is 258 Å². The minimum atomic E-state index is -4.60. The molecule has 1 unspecified atom stereocenters. The summed E-state index contributed by atoms with van der Waals surface area (Å²) in [5.41, 5.74) is -1.41. The van der Waals surface area contributed by atoms with Crippen molar-refractivity contribution >= 4 is 26.1 Å². The smallest absolute Gasteiger partial charge is 0.419 e. The number of alkyl halides is 3. The van der Waals surface area contributed by atoms with Crippen molar-refractivity contribution in [2.24, 2.45) is 4.99 Å². The summed E-state index contributed by atoms with van der Waals surface area (Å²) < 4.78 is 84.8. The maximum absolute atomic E-state index is 14.0. The average molecular weight is 650 g/mol. The number of aliphatic imine (C=N–C) groups is 1. The molecule has 12 heteroatoms. The average Bonchev–Trinajstić information content (AvgIpc) is 3.25. The molecule has 1 aliphatic rings. The molecule has 0 aliphatic carbocycles. The van der Waals surface area contributed by atoms with Gasteiger partial charge >= 0.3 is 14.8 Å². The highest BCUT2D eigenvalue weighted by molar-refractivity contribution is 7.41. The summed E-state index contributed by atoms with van der Waals surface area (Å²) in [7, 11) is -1.73. The zero-order chi connectivity index (χ0) is 32.1. The van der Waals surface area contributed by atoms with E-state index in [0.717, 1.165) is 11.6 Å². The third kappa shape index (κ3) is 11.8. The van der Waals surface area contributed by atoms with Gasteiger partial charge in [-0.15, -0.1) is 0 Å². The second-order valence-electron chi connectivity index (χ2n) is 12.6. The van der Waals surface area contributed by atoms with E-state index in [9.17, 15) is 17.6 Å². The molecular weight excluding hydrogens is 609 g/mol. The van der Waals surface area contributed by atoms with Crippen LogP contribution in [0.5, 0.6) is 5.75 Å². The van der Waals surface area contributed by atoms with Gasteiger partial charge in [0.25, 0.3) is 0 Å². The van der Waals surface area contributed by atoms with Gasteiger partial charge in [0.05, 0.1) is 35.0 Å². The molecule has 0 amide bonds. The summed E-state index contributed by atoms with van der Waals surface area (Å²) in [4.78, 5) is 4.67. The Morgan fingerprint density at radius 3 is 2.14 bits per heavy atom. The lowest BCUT2D eigenvalue weighted by atomic mass is 9.93. The third-order valence-corrected chi connectivity index (χ3v) is 8.18. The molecule has 2 aromatic rings. The first-order chi connectivity index (χ1) is 19.8. The van der Waals surface area contributed by atoms with Gasteiger partial charge in [0, 0.05) is 6.92 Å². The highest BCUT2D eigenvalue weighted by atomic mass is 35.5. The number of nitrogens with zero attached hydrogens (tertiary/aromatic N) is 1. The van der Waals surface area contributed by atoms with Gasteiger partial charge in [-0.3, -0.25) is 0 Å². The Kier molecular flexibility index (Phi) is 11.9. The van der Waals surface area contributed by atoms with Crippen molar-refractivity contribution in [1.29, 1.82) is 0 Å². The maximum atomic E-state index is 14.0. The molecule has 0 fully saturated rings. The summed E-state index contributed by atoms with van der Waals surface area (Å²) in [5, 5.41) is 0.00370. The number of rotatable bonds is 13. The van der Waals surface area contributed by atoms with Crippen LogP contribution < -0.4 is 4.74 Å². The van der Waals surface area contributed by atoms with E-state index in [1.165, 1.54) is 18.2 Å². The molecule has 0 bridgehead atoms. The quantitative estimate of drug-likeness (QED) is 0.123. The SMILES string of the molecule is CC1=NC(CCc2ccc(OCCCc3ccc(F)c(Cl)c3)c(C(F)(F)F)c2)(COP(OC(C)(C)C)OC(C)(C)C)CO1. The molecule has 43 heavy (non-hydrogen) atoms. The van der Waals surface area contributed by atoms with Gasteiger partial charge in [0.1, 0.15) is 23.7 Å². The largest absolute Gasteiger partial charge is 0.493 e. The van der Waals surface area contributed by atoms with Crippen molar-refractivity contribution in [3.63, 3.8) is 0 Å². The van der Waals surface area contributed by atoms with Gasteiger partial charge in [-0.05, 0) is 103 Å². The second-order valence-corrected chi connectivity index (χ2v) is 14.1. The fourth-order valence-corrected chi connectivity index (χ4v) is 5.80. The summed E-state index contributed by atoms with van der Waals surface area (Å²) in [6.07, 6.45) is -3.00. The molecule has 2 aromatic carbocycles. The Bertz CT molecular complexity index is 1250. The first-order valence-corrected chi connectivity index (χ1v) is 15.6. The van der Waals surface area contributed by atoms with E-state index in [4.69, 9.17) is 34.6 Å². The number of aryl methyl sites for hydroxylation is 2. The fraction of sp³-hybridized carbons (Fsp3) is 0.581. The molecule has 0 saturated carbocycles. The summed E-state index contributed by atoms with van der Waals surface area (Å²) >= 11 is 5.81. The number of halogens is 5. The molecule has 0 spiro atoms. The topological polar surface area (TPSA) is 58.5 Å². The number of benzene rings is 2. The molecule has 0 N–H and O–H groups in total. The van der Waals surface area contributed by atoms with Crippen LogP contribution >= 0.6 is 20.2 Å². The van der Waals surface area contributed by atoms with Gasteiger partial charge in [0.15, 0.2) is 5.90 Å². The molecule has 240 valence electrons. The van der Waals surface area contributed by atoms with Crippen LogP contribution in [0, 0.1) is 5.82 Å². The molecule has 1 heterocycles. The Morgan fingerprint density at radius 1 is 0.953 bits per heavy atom. The molecule has 3 rings (SSSR count). The van der Waals surface area contributed by atoms with E-state index in [1.807, 2.05) is 41.5 Å². The van der Waals surface area contributed by atoms with Crippen LogP contribution in [0.4, 0.5) is 17.6 Å². The van der Waals surface area contributed by atoms with Crippen molar-refractivity contribution in [2.75, 3.05) is 19.8 Å². The van der Waals surface area contributed by atoms with Crippen LogP contribution in [0.25, 0.3) is 0 Å². The van der Waals surface area contributed by atoms with Crippen LogP contribution in [0.1, 0.15) is 78.0 Å². The minimum Gasteiger partial charge on any atom is -0.493 e. The van der Waals surface area contributed by atoms with Crippen LogP contribution in [0.3, 0.4) is 0 Å². The van der Waals surface area contributed by atoms with E-state index >= 15 is 0 Å². The highest BCUT2D eigenvalue weighted by Crippen LogP contribution is 2.48. The van der Waals surface area contributed by atoms with E-state index < -0.39 is 42.9 Å². The lowest BCUT2D eigenvalue weighted by molar-refractivity contribution is -0.139. The van der Waals surface area contributed by atoms with E-state index in [0.29, 0.717) is 37.1 Å². The zero-order valence-electron chi connectivity index (χ0n) is 25.7. The summed E-state index contributed by atoms with van der Waals surface area (Å²) in [6.45, 7) is 13.6. The van der Waals surface area contributed by atoms with Crippen LogP contribution in [-0.2, 0) is 37.3 Å². The van der Waals surface area contributed by atoms with Gasteiger partial charge < -0.3 is 23.0 Å². The molecule has 6 nitrogen and oxygen atoms in total. The number of ether oxygens (including phenoxy) is 2. The number of hydrogen-bond donors (Lipinski definition) is 0. The predicted octanol–water partition coefficient (Wildman–Crippen LogP) is 9.50. The summed E-state index contributed by atoms with van der Waals surface area (Å²) in [6, 6.07) is 8.45. The fourth-order valence-electron chi connectivity index (χ4n) is 4.21. The van der Waals surface area contributed by atoms with Gasteiger partial charge in [-0.25, -0.2) is 9.38 Å². The normalized spacial score (nSPS) is 17.7. The van der Waals surface area contributed by atoms with Crippen molar-refractivity contribution < 1.29 is 40.6 Å². The first kappa shape index (κ1) is 35.5. The van der Waals surface area contributed by atoms with Gasteiger partial charge in [0.2, 0.25) is 0 Å². The molecule has 0 aromatic heterocycles. The van der Waals surface area contributed by atoms with Crippen molar-refractivity contribution in [2.45, 2.75) is 97.1 Å². The zero-order valence-corrected chi connectivity index (χ0v) is 27.4. The minimum absolute atomic E-state index is 0.00370. The maximum Gasteiger partial charge on any atom is 0.419 e. The van der Waals surface area contributed by atoms with Crippen molar-refractivity contribution in [3.8, 4) is 5.75 Å². The Hall–Kier alpha value is -1.97. The number of hydrogen-bond acceptors (Lipinski definition) is 6. The lowest BCUT2D eigenvalue weighted by Crippen LogP contribution is -2.35. The van der Waals surface area contributed by atoms with Crippen molar-refractivity contribution in [3.05, 3.63) is 63.9 Å². The van der Waals surface area contributed by atoms with Crippen LogP contribution in [-0.4, -0.2) is 42.5 Å². The van der Waals surface area contributed by atoms with E-state index in [1.54, 1.807) is 19.1 Å². The first-order valence-electron chi connectivity index (χ1n) is 14.1. The van der Waals surface area contributed by atoms with E-state index in [-0.39, 0.29) is 30.6 Å². The molecular formula is C31H41ClF4NO5P. The molecule has 0 saturated heterocycles. The lowest BCUT2D eigenvalue weighted by Gasteiger charge is -2.32. The van der Waals surface area contributed by atoms with Crippen LogP contribution in [0.2, 0.25) is 5.02 Å². The second kappa shape index (κ2) is 14.4. The molecule has 1 atom stereocenters. The monoisotopic (exact) mass is 649 g/mol. The van der Waals surface area contributed by atoms with Crippen LogP contribution in [0.15, 0.2) is 41.4 Å². The van der Waals surface area contributed by atoms with Crippen molar-refractivity contribution in [1.82, 2.24) is 0 Å². The third-order valence-electron chi connectivity index (χ3n) is 6.16. The van der Waals surface area contributed by atoms with Gasteiger partial charge in [-0.2, -0.15) is 13.2 Å². The predicted molar refractivity (Wildman–Crippen MR) is 161 cm³/mol. The summed E-state index contributed by atoms with van der Waals surface area (Å²) in [5.74, 6) is -0.274. The standard InChI is InChI=1S/C31H41ClF4NO5P/c1-21-37-30(19-39-21,20-40-43(41-28(2,3)4)42-29(5,6)7)15-14-23-11-13-27(24(17-23)31(34,35)36)38-16-8-9-22-10-12-26(33)25(32)18-22/h10-13,17-18H,8-9,14-16,19-20H2,1-7H3. The van der Waals surface area contributed by atoms with E-state index in [2.05, 4.69) is 4.99 Å². The highest BCUT2D eigenvalue weighted by Gasteiger charge is 2.39. The molecule has 0 radical (unpaired) electrons. The Balaban J connectivity index is 1.67. The Morgan fingerprint density at radius 2 is 1.58 bits per heavy atom.